The molecule has 0 aliphatic heterocycles. The van der Waals surface area contributed by atoms with Gasteiger partial charge >= 0.3 is 0 Å². The zero-order chi connectivity index (χ0) is 21.1. The van der Waals surface area contributed by atoms with Crippen LogP contribution in [0.25, 0.3) is 0 Å². The van der Waals surface area contributed by atoms with Crippen LogP contribution < -0.4 is 14.8 Å². The molecular weight excluding hydrogens is 386 g/mol. The third kappa shape index (κ3) is 8.60. The SMILES string of the molecule is CCCCOc1ccc(NC(=O)CSCC(=O)c2ccc(OC(C)C)cc2)cc1. The van der Waals surface area contributed by atoms with Crippen LogP contribution in [0.5, 0.6) is 11.5 Å². The number of unbranched alkanes of at least 4 members (excludes halogenated alkanes) is 1. The van der Waals surface area contributed by atoms with E-state index >= 15 is 0 Å². The number of hydrogen-bond donors (Lipinski definition) is 1. The molecule has 0 heterocycles. The van der Waals surface area contributed by atoms with Crippen molar-refractivity contribution in [3.05, 3.63) is 54.1 Å². The molecule has 1 amide bonds. The summed E-state index contributed by atoms with van der Waals surface area (Å²) in [6.07, 6.45) is 2.20. The fourth-order valence-electron chi connectivity index (χ4n) is 2.48. The third-order valence-electron chi connectivity index (χ3n) is 3.92. The Morgan fingerprint density at radius 2 is 1.62 bits per heavy atom. The monoisotopic (exact) mass is 415 g/mol. The average molecular weight is 416 g/mol. The summed E-state index contributed by atoms with van der Waals surface area (Å²) in [5.74, 6) is 1.86. The second kappa shape index (κ2) is 12.2. The molecule has 6 heteroatoms. The number of amides is 1. The maximum atomic E-state index is 12.3. The summed E-state index contributed by atoms with van der Waals surface area (Å²) in [5.41, 5.74) is 1.33. The van der Waals surface area contributed by atoms with Crippen molar-refractivity contribution in [1.29, 1.82) is 0 Å². The lowest BCUT2D eigenvalue weighted by molar-refractivity contribution is -0.113. The van der Waals surface area contributed by atoms with Gasteiger partial charge in [-0.2, -0.15) is 0 Å². The molecule has 2 aromatic rings. The highest BCUT2D eigenvalue weighted by Crippen LogP contribution is 2.18. The minimum absolute atomic E-state index is 0.00696. The van der Waals surface area contributed by atoms with Gasteiger partial charge < -0.3 is 14.8 Å². The molecule has 0 unspecified atom stereocenters. The number of ether oxygens (including phenoxy) is 2. The maximum absolute atomic E-state index is 12.3. The number of ketones is 1. The minimum atomic E-state index is -0.136. The van der Waals surface area contributed by atoms with Crippen molar-refractivity contribution in [2.24, 2.45) is 0 Å². The Kier molecular flexibility index (Phi) is 9.57. The van der Waals surface area contributed by atoms with Crippen LogP contribution in [0.15, 0.2) is 48.5 Å². The average Bonchev–Trinajstić information content (AvgIpc) is 2.69. The number of thioether (sulfide) groups is 1. The van der Waals surface area contributed by atoms with Crippen LogP contribution in [0.2, 0.25) is 0 Å². The molecule has 156 valence electrons. The van der Waals surface area contributed by atoms with Crippen LogP contribution in [0.3, 0.4) is 0 Å². The van der Waals surface area contributed by atoms with Crippen molar-refractivity contribution in [1.82, 2.24) is 0 Å². The van der Waals surface area contributed by atoms with Gasteiger partial charge in [0.1, 0.15) is 11.5 Å². The first kappa shape index (κ1) is 22.8. The quantitative estimate of drug-likeness (QED) is 0.381. The summed E-state index contributed by atoms with van der Waals surface area (Å²) >= 11 is 1.30. The Hall–Kier alpha value is -2.47. The van der Waals surface area contributed by atoms with Gasteiger partial charge in [-0.25, -0.2) is 0 Å². The van der Waals surface area contributed by atoms with Gasteiger partial charge in [-0.15, -0.1) is 11.8 Å². The number of carbonyl (C=O) groups excluding carboxylic acids is 2. The first-order chi connectivity index (χ1) is 14.0. The lowest BCUT2D eigenvalue weighted by Gasteiger charge is -2.10. The molecule has 0 spiro atoms. The molecule has 2 aromatic carbocycles. The Morgan fingerprint density at radius 3 is 2.24 bits per heavy atom. The summed E-state index contributed by atoms with van der Waals surface area (Å²) in [6, 6.07) is 14.4. The highest BCUT2D eigenvalue weighted by molar-refractivity contribution is 8.00. The van der Waals surface area contributed by atoms with Crippen molar-refractivity contribution in [3.8, 4) is 11.5 Å². The van der Waals surface area contributed by atoms with E-state index in [0.29, 0.717) is 17.9 Å². The summed E-state index contributed by atoms with van der Waals surface area (Å²) in [6.45, 7) is 6.72. The lowest BCUT2D eigenvalue weighted by atomic mass is 10.1. The molecule has 5 nitrogen and oxygen atoms in total. The molecular formula is C23H29NO4S. The van der Waals surface area contributed by atoms with E-state index in [1.54, 1.807) is 24.3 Å². The molecule has 0 aromatic heterocycles. The standard InChI is InChI=1S/C23H29NO4S/c1-4-5-14-27-20-12-8-19(9-13-20)24-23(26)16-29-15-22(25)18-6-10-21(11-7-18)28-17(2)3/h6-13,17H,4-5,14-16H2,1-3H3,(H,24,26). The van der Waals surface area contributed by atoms with E-state index in [2.05, 4.69) is 12.2 Å². The molecule has 1 N–H and O–H groups in total. The van der Waals surface area contributed by atoms with Crippen LogP contribution in [-0.2, 0) is 4.79 Å². The number of benzene rings is 2. The normalized spacial score (nSPS) is 10.6. The first-order valence-electron chi connectivity index (χ1n) is 9.88. The van der Waals surface area contributed by atoms with E-state index in [0.717, 1.165) is 24.3 Å². The maximum Gasteiger partial charge on any atom is 0.234 e. The highest BCUT2D eigenvalue weighted by atomic mass is 32.2. The molecule has 0 saturated carbocycles. The topological polar surface area (TPSA) is 64.6 Å². The number of rotatable bonds is 12. The molecule has 0 aliphatic rings. The van der Waals surface area contributed by atoms with Crippen molar-refractivity contribution >= 4 is 29.1 Å². The fourth-order valence-corrected chi connectivity index (χ4v) is 3.19. The van der Waals surface area contributed by atoms with E-state index in [1.165, 1.54) is 11.8 Å². The Bertz CT molecular complexity index is 772. The van der Waals surface area contributed by atoms with Crippen LogP contribution in [-0.4, -0.2) is 35.9 Å². The Morgan fingerprint density at radius 1 is 0.966 bits per heavy atom. The number of anilines is 1. The Labute approximate surface area is 177 Å². The molecule has 0 radical (unpaired) electrons. The molecule has 0 bridgehead atoms. The zero-order valence-electron chi connectivity index (χ0n) is 17.3. The predicted octanol–water partition coefficient (Wildman–Crippen LogP) is 5.21. The summed E-state index contributed by atoms with van der Waals surface area (Å²) in [5, 5.41) is 2.83. The smallest absolute Gasteiger partial charge is 0.234 e. The molecule has 0 aliphatic carbocycles. The van der Waals surface area contributed by atoms with E-state index < -0.39 is 0 Å². The van der Waals surface area contributed by atoms with Crippen molar-refractivity contribution in [3.63, 3.8) is 0 Å². The van der Waals surface area contributed by atoms with Crippen LogP contribution >= 0.6 is 11.8 Å². The van der Waals surface area contributed by atoms with Crippen molar-refractivity contribution in [2.45, 2.75) is 39.7 Å². The van der Waals surface area contributed by atoms with E-state index in [4.69, 9.17) is 9.47 Å². The van der Waals surface area contributed by atoms with E-state index in [-0.39, 0.29) is 29.3 Å². The van der Waals surface area contributed by atoms with Crippen molar-refractivity contribution < 1.29 is 19.1 Å². The summed E-state index contributed by atoms with van der Waals surface area (Å²) < 4.78 is 11.2. The third-order valence-corrected chi connectivity index (χ3v) is 4.85. The van der Waals surface area contributed by atoms with Crippen LogP contribution in [0.1, 0.15) is 44.0 Å². The van der Waals surface area contributed by atoms with Gasteiger partial charge in [0.25, 0.3) is 0 Å². The molecule has 2 rings (SSSR count). The zero-order valence-corrected chi connectivity index (χ0v) is 18.1. The predicted molar refractivity (Wildman–Crippen MR) is 119 cm³/mol. The second-order valence-electron chi connectivity index (χ2n) is 6.88. The fraction of sp³-hybridized carbons (Fsp3) is 0.391. The van der Waals surface area contributed by atoms with Gasteiger partial charge in [-0.05, 0) is 68.8 Å². The summed E-state index contributed by atoms with van der Waals surface area (Å²) in [7, 11) is 0. The largest absolute Gasteiger partial charge is 0.494 e. The van der Waals surface area contributed by atoms with Gasteiger partial charge in [0.15, 0.2) is 5.78 Å². The highest BCUT2D eigenvalue weighted by Gasteiger charge is 2.09. The van der Waals surface area contributed by atoms with E-state index in [1.807, 2.05) is 38.1 Å². The number of nitrogens with one attached hydrogen (secondary N) is 1. The van der Waals surface area contributed by atoms with Gasteiger partial charge in [-0.1, -0.05) is 13.3 Å². The van der Waals surface area contributed by atoms with E-state index in [9.17, 15) is 9.59 Å². The summed E-state index contributed by atoms with van der Waals surface area (Å²) in [4.78, 5) is 24.3. The minimum Gasteiger partial charge on any atom is -0.494 e. The van der Waals surface area contributed by atoms with Gasteiger partial charge in [0, 0.05) is 11.3 Å². The molecule has 0 atom stereocenters. The number of Topliss-reactive ketones (excluding diaryl/α,β-unsaturated/α-hetero) is 1. The molecule has 0 saturated heterocycles. The molecule has 29 heavy (non-hydrogen) atoms. The number of hydrogen-bond acceptors (Lipinski definition) is 5. The van der Waals surface area contributed by atoms with Crippen molar-refractivity contribution in [2.75, 3.05) is 23.4 Å². The number of carbonyl (C=O) groups is 2. The van der Waals surface area contributed by atoms with Gasteiger partial charge in [-0.3, -0.25) is 9.59 Å². The first-order valence-corrected chi connectivity index (χ1v) is 11.0. The lowest BCUT2D eigenvalue weighted by Crippen LogP contribution is -2.15. The molecule has 0 fully saturated rings. The Balaban J connectivity index is 1.71. The van der Waals surface area contributed by atoms with Crippen LogP contribution in [0.4, 0.5) is 5.69 Å². The van der Waals surface area contributed by atoms with Gasteiger partial charge in [0.05, 0.1) is 24.2 Å². The van der Waals surface area contributed by atoms with Crippen LogP contribution in [0, 0.1) is 0 Å². The second-order valence-corrected chi connectivity index (χ2v) is 7.87. The van der Waals surface area contributed by atoms with Gasteiger partial charge in [0.2, 0.25) is 5.91 Å².